The highest BCUT2D eigenvalue weighted by molar-refractivity contribution is 5.73. The lowest BCUT2D eigenvalue weighted by Gasteiger charge is -2.00. The summed E-state index contributed by atoms with van der Waals surface area (Å²) in [5.74, 6) is 0.473. The van der Waals surface area contributed by atoms with Gasteiger partial charge in [0.1, 0.15) is 11.5 Å². The first-order valence-corrected chi connectivity index (χ1v) is 5.03. The Bertz CT molecular complexity index is 590. The molecular weight excluding hydrogens is 224 g/mol. The predicted octanol–water partition coefficient (Wildman–Crippen LogP) is 1.37. The van der Waals surface area contributed by atoms with Crippen LogP contribution in [0.3, 0.4) is 0 Å². The van der Waals surface area contributed by atoms with Gasteiger partial charge in [0.2, 0.25) is 6.41 Å². The average Bonchev–Trinajstić information content (AvgIpc) is 2.67. The Morgan fingerprint density at radius 3 is 2.94 bits per heavy atom. The fourth-order valence-corrected chi connectivity index (χ4v) is 1.65. The number of hydrogen-bond donors (Lipinski definition) is 1. The number of nitrogens with zero attached hydrogens (tertiary/aromatic N) is 3. The molecule has 0 radical (unpaired) electrons. The van der Waals surface area contributed by atoms with Gasteiger partial charge < -0.3 is 5.32 Å². The molecule has 2 aromatic heterocycles. The zero-order valence-corrected chi connectivity index (χ0v) is 9.08. The van der Waals surface area contributed by atoms with E-state index < -0.39 is 4.92 Å². The summed E-state index contributed by atoms with van der Waals surface area (Å²) < 4.78 is 1.51. The fraction of sp³-hybridized carbons (Fsp3) is 0.200. The summed E-state index contributed by atoms with van der Waals surface area (Å²) in [7, 11) is 0. The van der Waals surface area contributed by atoms with Gasteiger partial charge in [-0.15, -0.1) is 0 Å². The number of imidazole rings is 1. The van der Waals surface area contributed by atoms with Crippen molar-refractivity contribution in [2.24, 2.45) is 0 Å². The average molecular weight is 234 g/mol. The number of amides is 1. The molecule has 0 bridgehead atoms. The number of carbonyl (C=O) groups is 1. The molecule has 0 fully saturated rings. The van der Waals surface area contributed by atoms with E-state index in [0.717, 1.165) is 0 Å². The van der Waals surface area contributed by atoms with Gasteiger partial charge in [0.25, 0.3) is 5.69 Å². The van der Waals surface area contributed by atoms with Gasteiger partial charge in [-0.1, -0.05) is 6.92 Å². The molecule has 1 amide bonds. The van der Waals surface area contributed by atoms with Crippen molar-refractivity contribution in [3.8, 4) is 0 Å². The lowest BCUT2D eigenvalue weighted by atomic mass is 10.3. The van der Waals surface area contributed by atoms with Crippen molar-refractivity contribution < 1.29 is 9.72 Å². The molecule has 0 saturated carbocycles. The number of carbonyl (C=O) groups excluding carboxylic acids is 1. The summed E-state index contributed by atoms with van der Waals surface area (Å²) in [5.41, 5.74) is 1.21. The molecule has 0 aliphatic rings. The number of nitro groups is 1. The molecule has 0 saturated heterocycles. The molecule has 7 nitrogen and oxygen atoms in total. The highest BCUT2D eigenvalue weighted by Gasteiger charge is 2.13. The molecule has 88 valence electrons. The summed E-state index contributed by atoms with van der Waals surface area (Å²) in [4.78, 5) is 25.0. The zero-order valence-electron chi connectivity index (χ0n) is 9.08. The van der Waals surface area contributed by atoms with Gasteiger partial charge in [0.15, 0.2) is 0 Å². The van der Waals surface area contributed by atoms with Crippen LogP contribution >= 0.6 is 0 Å². The maximum atomic E-state index is 10.7. The Hall–Kier alpha value is -2.44. The van der Waals surface area contributed by atoms with Crippen molar-refractivity contribution in [2.45, 2.75) is 13.3 Å². The van der Waals surface area contributed by atoms with Crippen molar-refractivity contribution in [3.63, 3.8) is 0 Å². The van der Waals surface area contributed by atoms with Gasteiger partial charge >= 0.3 is 0 Å². The second-order valence-electron chi connectivity index (χ2n) is 3.40. The van der Waals surface area contributed by atoms with Crippen molar-refractivity contribution in [3.05, 3.63) is 34.1 Å². The van der Waals surface area contributed by atoms with E-state index in [1.54, 1.807) is 6.07 Å². The van der Waals surface area contributed by atoms with Gasteiger partial charge in [-0.25, -0.2) is 4.98 Å². The zero-order chi connectivity index (χ0) is 12.4. The molecule has 1 N–H and O–H groups in total. The van der Waals surface area contributed by atoms with Crippen molar-refractivity contribution in [1.29, 1.82) is 0 Å². The van der Waals surface area contributed by atoms with E-state index in [9.17, 15) is 14.9 Å². The summed E-state index contributed by atoms with van der Waals surface area (Å²) in [6.07, 6.45) is 2.50. The number of fused-ring (bicyclic) bond motifs is 1. The number of aryl methyl sites for hydroxylation is 1. The summed E-state index contributed by atoms with van der Waals surface area (Å²) >= 11 is 0. The van der Waals surface area contributed by atoms with Crippen LogP contribution in [0.4, 0.5) is 11.5 Å². The molecule has 2 heterocycles. The van der Waals surface area contributed by atoms with Crippen LogP contribution in [0.15, 0.2) is 18.3 Å². The Morgan fingerprint density at radius 2 is 2.35 bits per heavy atom. The molecule has 7 heteroatoms. The highest BCUT2D eigenvalue weighted by Crippen LogP contribution is 2.21. The SMILES string of the molecule is CCc1nc2ccc([N+](=O)[O-])cn2c1NC=O. The molecule has 0 aliphatic carbocycles. The molecular formula is C10H10N4O3. The van der Waals surface area contributed by atoms with E-state index in [4.69, 9.17) is 0 Å². The second-order valence-corrected chi connectivity index (χ2v) is 3.40. The largest absolute Gasteiger partial charge is 0.313 e. The van der Waals surface area contributed by atoms with E-state index in [2.05, 4.69) is 10.3 Å². The van der Waals surface area contributed by atoms with Crippen LogP contribution in [-0.4, -0.2) is 20.7 Å². The lowest BCUT2D eigenvalue weighted by molar-refractivity contribution is -0.385. The molecule has 0 atom stereocenters. The third-order valence-electron chi connectivity index (χ3n) is 2.42. The van der Waals surface area contributed by atoms with Gasteiger partial charge in [0, 0.05) is 6.07 Å². The van der Waals surface area contributed by atoms with E-state index in [-0.39, 0.29) is 5.69 Å². The Balaban J connectivity index is 2.68. The first kappa shape index (κ1) is 11.1. The predicted molar refractivity (Wildman–Crippen MR) is 60.9 cm³/mol. The van der Waals surface area contributed by atoms with Crippen LogP contribution < -0.4 is 5.32 Å². The van der Waals surface area contributed by atoms with Gasteiger partial charge in [-0.05, 0) is 12.5 Å². The van der Waals surface area contributed by atoms with Crippen LogP contribution in [0.25, 0.3) is 5.65 Å². The monoisotopic (exact) mass is 234 g/mol. The number of aromatic nitrogens is 2. The third kappa shape index (κ3) is 1.82. The topological polar surface area (TPSA) is 89.5 Å². The summed E-state index contributed by atoms with van der Waals surface area (Å²) in [5, 5.41) is 13.2. The molecule has 2 aromatic rings. The molecule has 0 aliphatic heterocycles. The number of hydrogen-bond acceptors (Lipinski definition) is 4. The molecule has 0 unspecified atom stereocenters. The first-order chi connectivity index (χ1) is 8.17. The highest BCUT2D eigenvalue weighted by atomic mass is 16.6. The molecule has 2 rings (SSSR count). The summed E-state index contributed by atoms with van der Waals surface area (Å²) in [6.45, 7) is 1.90. The molecule has 0 aromatic carbocycles. The molecule has 17 heavy (non-hydrogen) atoms. The Morgan fingerprint density at radius 1 is 1.59 bits per heavy atom. The Labute approximate surface area is 96.2 Å². The summed E-state index contributed by atoms with van der Waals surface area (Å²) in [6, 6.07) is 2.93. The maximum absolute atomic E-state index is 10.7. The number of anilines is 1. The van der Waals surface area contributed by atoms with Crippen LogP contribution in [0.1, 0.15) is 12.6 Å². The smallest absolute Gasteiger partial charge is 0.286 e. The number of nitrogens with one attached hydrogen (secondary N) is 1. The van der Waals surface area contributed by atoms with Crippen LogP contribution in [0, 0.1) is 10.1 Å². The van der Waals surface area contributed by atoms with Crippen molar-refractivity contribution in [2.75, 3.05) is 5.32 Å². The Kier molecular flexibility index (Phi) is 2.73. The van der Waals surface area contributed by atoms with E-state index in [1.165, 1.54) is 16.7 Å². The third-order valence-corrected chi connectivity index (χ3v) is 2.42. The normalized spacial score (nSPS) is 10.4. The van der Waals surface area contributed by atoms with Crippen molar-refractivity contribution >= 4 is 23.6 Å². The van der Waals surface area contributed by atoms with Gasteiger partial charge in [-0.2, -0.15) is 0 Å². The minimum atomic E-state index is -0.490. The van der Waals surface area contributed by atoms with Gasteiger partial charge in [0.05, 0.1) is 16.8 Å². The number of pyridine rings is 1. The standard InChI is InChI=1S/C10H10N4O3/c1-2-8-10(11-6-15)13-5-7(14(16)17)3-4-9(13)12-8/h3-6H,2H2,1H3,(H,11,15). The fourth-order valence-electron chi connectivity index (χ4n) is 1.65. The van der Waals surface area contributed by atoms with Gasteiger partial charge in [-0.3, -0.25) is 19.3 Å². The van der Waals surface area contributed by atoms with Crippen LogP contribution in [-0.2, 0) is 11.2 Å². The minimum absolute atomic E-state index is 0.0495. The molecule has 0 spiro atoms. The van der Waals surface area contributed by atoms with Crippen LogP contribution in [0.5, 0.6) is 0 Å². The first-order valence-electron chi connectivity index (χ1n) is 5.03. The second kappa shape index (κ2) is 4.20. The van der Waals surface area contributed by atoms with E-state index >= 15 is 0 Å². The maximum Gasteiger partial charge on any atom is 0.286 e. The van der Waals surface area contributed by atoms with Crippen molar-refractivity contribution in [1.82, 2.24) is 9.38 Å². The lowest BCUT2D eigenvalue weighted by Crippen LogP contribution is -2.01. The van der Waals surface area contributed by atoms with Crippen LogP contribution in [0.2, 0.25) is 0 Å². The number of rotatable bonds is 4. The minimum Gasteiger partial charge on any atom is -0.313 e. The quantitative estimate of drug-likeness (QED) is 0.491. The van der Waals surface area contributed by atoms with E-state index in [1.807, 2.05) is 6.92 Å². The van der Waals surface area contributed by atoms with E-state index in [0.29, 0.717) is 30.0 Å².